The van der Waals surface area contributed by atoms with Gasteiger partial charge in [-0.2, -0.15) is 10.2 Å². The van der Waals surface area contributed by atoms with Gasteiger partial charge in [0, 0.05) is 25.0 Å². The summed E-state index contributed by atoms with van der Waals surface area (Å²) in [5, 5.41) is 8.25. The van der Waals surface area contributed by atoms with E-state index >= 15 is 0 Å². The molecular weight excluding hydrogens is 326 g/mol. The summed E-state index contributed by atoms with van der Waals surface area (Å²) in [6.07, 6.45) is 4.56. The zero-order chi connectivity index (χ0) is 17.2. The van der Waals surface area contributed by atoms with E-state index in [1.54, 1.807) is 21.6 Å². The standard InChI is InChI=1S/C16H19N5O2S/c1-3-20-12-15(10-17-20)24(22,23)19-16-8-9-21(18-16)11-14-6-4-13(2)5-7-14/h4-10,12H,3,11H2,1-2H3,(H,18,19). The number of hydrogen-bond donors (Lipinski definition) is 1. The van der Waals surface area contributed by atoms with Gasteiger partial charge in [-0.15, -0.1) is 0 Å². The SMILES string of the molecule is CCn1cc(S(=O)(=O)Nc2ccn(Cc3ccc(C)cc3)n2)cn1. The molecule has 0 aliphatic carbocycles. The summed E-state index contributed by atoms with van der Waals surface area (Å²) in [5.74, 6) is 0.284. The lowest BCUT2D eigenvalue weighted by Crippen LogP contribution is -2.13. The summed E-state index contributed by atoms with van der Waals surface area (Å²) in [7, 11) is -3.68. The summed E-state index contributed by atoms with van der Waals surface area (Å²) in [5.41, 5.74) is 2.29. The lowest BCUT2D eigenvalue weighted by Gasteiger charge is -2.04. The number of aromatic nitrogens is 4. The van der Waals surface area contributed by atoms with Crippen LogP contribution < -0.4 is 4.72 Å². The molecule has 0 bridgehead atoms. The van der Waals surface area contributed by atoms with Crippen molar-refractivity contribution in [2.45, 2.75) is 31.8 Å². The fraction of sp³-hybridized carbons (Fsp3) is 0.250. The minimum Gasteiger partial charge on any atom is -0.272 e. The summed E-state index contributed by atoms with van der Waals surface area (Å²) < 4.78 is 30.4. The predicted molar refractivity (Wildman–Crippen MR) is 91.2 cm³/mol. The highest BCUT2D eigenvalue weighted by Crippen LogP contribution is 2.14. The lowest BCUT2D eigenvalue weighted by molar-refractivity contribution is 0.600. The van der Waals surface area contributed by atoms with Crippen molar-refractivity contribution in [2.24, 2.45) is 0 Å². The van der Waals surface area contributed by atoms with E-state index in [9.17, 15) is 8.42 Å². The van der Waals surface area contributed by atoms with E-state index in [2.05, 4.69) is 14.9 Å². The zero-order valence-corrected chi connectivity index (χ0v) is 14.4. The molecule has 0 fully saturated rings. The Balaban J connectivity index is 1.72. The van der Waals surface area contributed by atoms with Gasteiger partial charge in [0.15, 0.2) is 5.82 Å². The third-order valence-electron chi connectivity index (χ3n) is 3.59. The van der Waals surface area contributed by atoms with Crippen molar-refractivity contribution in [2.75, 3.05) is 4.72 Å². The maximum atomic E-state index is 12.3. The van der Waals surface area contributed by atoms with Crippen molar-refractivity contribution in [1.82, 2.24) is 19.6 Å². The Morgan fingerprint density at radius 3 is 2.54 bits per heavy atom. The first kappa shape index (κ1) is 16.3. The van der Waals surface area contributed by atoms with Crippen molar-refractivity contribution in [3.05, 3.63) is 60.0 Å². The molecule has 0 atom stereocenters. The summed E-state index contributed by atoms with van der Waals surface area (Å²) >= 11 is 0. The molecule has 0 amide bonds. The minimum absolute atomic E-state index is 0.123. The second kappa shape index (κ2) is 6.48. The van der Waals surface area contributed by atoms with Crippen LogP contribution >= 0.6 is 0 Å². The largest absolute Gasteiger partial charge is 0.272 e. The van der Waals surface area contributed by atoms with Crippen LogP contribution in [0.2, 0.25) is 0 Å². The monoisotopic (exact) mass is 345 g/mol. The Morgan fingerprint density at radius 1 is 1.12 bits per heavy atom. The first-order valence-corrected chi connectivity index (χ1v) is 9.09. The maximum absolute atomic E-state index is 12.3. The Morgan fingerprint density at radius 2 is 1.88 bits per heavy atom. The van der Waals surface area contributed by atoms with Gasteiger partial charge in [-0.3, -0.25) is 14.1 Å². The molecule has 24 heavy (non-hydrogen) atoms. The van der Waals surface area contributed by atoms with Crippen LogP contribution in [-0.4, -0.2) is 28.0 Å². The molecule has 8 heteroatoms. The minimum atomic E-state index is -3.68. The summed E-state index contributed by atoms with van der Waals surface area (Å²) in [4.78, 5) is 0.123. The number of hydrogen-bond acceptors (Lipinski definition) is 4. The molecule has 126 valence electrons. The van der Waals surface area contributed by atoms with E-state index in [-0.39, 0.29) is 10.7 Å². The molecule has 0 unspecified atom stereocenters. The van der Waals surface area contributed by atoms with Gasteiger partial charge in [-0.25, -0.2) is 8.42 Å². The highest BCUT2D eigenvalue weighted by atomic mass is 32.2. The average molecular weight is 345 g/mol. The first-order chi connectivity index (χ1) is 11.5. The van der Waals surface area contributed by atoms with Gasteiger partial charge in [0.2, 0.25) is 0 Å². The number of nitrogens with one attached hydrogen (secondary N) is 1. The Kier molecular flexibility index (Phi) is 4.39. The topological polar surface area (TPSA) is 81.8 Å². The molecule has 1 N–H and O–H groups in total. The van der Waals surface area contributed by atoms with Gasteiger partial charge in [-0.1, -0.05) is 29.8 Å². The average Bonchev–Trinajstić information content (AvgIpc) is 3.19. The van der Waals surface area contributed by atoms with E-state index in [0.29, 0.717) is 13.1 Å². The predicted octanol–water partition coefficient (Wildman–Crippen LogP) is 2.26. The van der Waals surface area contributed by atoms with Crippen LogP contribution in [0.5, 0.6) is 0 Å². The van der Waals surface area contributed by atoms with E-state index in [4.69, 9.17) is 0 Å². The van der Waals surface area contributed by atoms with Crippen LogP contribution in [0.4, 0.5) is 5.82 Å². The van der Waals surface area contributed by atoms with E-state index < -0.39 is 10.0 Å². The number of aryl methyl sites for hydroxylation is 2. The number of anilines is 1. The Bertz CT molecular complexity index is 926. The van der Waals surface area contributed by atoms with Crippen molar-refractivity contribution < 1.29 is 8.42 Å². The Hall–Kier alpha value is -2.61. The molecule has 2 aromatic heterocycles. The zero-order valence-electron chi connectivity index (χ0n) is 13.5. The molecule has 7 nitrogen and oxygen atoms in total. The molecule has 0 spiro atoms. The second-order valence-corrected chi connectivity index (χ2v) is 7.20. The molecule has 0 saturated heterocycles. The number of rotatable bonds is 6. The van der Waals surface area contributed by atoms with Crippen LogP contribution in [0, 0.1) is 6.92 Å². The van der Waals surface area contributed by atoms with Crippen LogP contribution in [0.3, 0.4) is 0 Å². The molecule has 0 aliphatic heterocycles. The third kappa shape index (κ3) is 3.65. The molecule has 2 heterocycles. The van der Waals surface area contributed by atoms with Gasteiger partial charge in [0.05, 0.1) is 12.7 Å². The fourth-order valence-corrected chi connectivity index (χ4v) is 3.19. The second-order valence-electron chi connectivity index (χ2n) is 5.52. The summed E-state index contributed by atoms with van der Waals surface area (Å²) in [6, 6.07) is 9.76. The third-order valence-corrected chi connectivity index (χ3v) is 4.90. The highest BCUT2D eigenvalue weighted by molar-refractivity contribution is 7.92. The highest BCUT2D eigenvalue weighted by Gasteiger charge is 2.17. The molecule has 0 saturated carbocycles. The van der Waals surface area contributed by atoms with Crippen LogP contribution in [0.1, 0.15) is 18.1 Å². The van der Waals surface area contributed by atoms with Crippen molar-refractivity contribution >= 4 is 15.8 Å². The smallest absolute Gasteiger partial charge is 0.266 e. The molecule has 0 radical (unpaired) electrons. The van der Waals surface area contributed by atoms with Crippen molar-refractivity contribution in [3.8, 4) is 0 Å². The number of nitrogens with zero attached hydrogens (tertiary/aromatic N) is 4. The molecule has 3 rings (SSSR count). The van der Waals surface area contributed by atoms with Gasteiger partial charge < -0.3 is 0 Å². The van der Waals surface area contributed by atoms with Gasteiger partial charge in [0.25, 0.3) is 10.0 Å². The molecule has 1 aromatic carbocycles. The first-order valence-electron chi connectivity index (χ1n) is 7.60. The van der Waals surface area contributed by atoms with E-state index in [1.807, 2.05) is 38.1 Å². The number of sulfonamides is 1. The molecular formula is C16H19N5O2S. The van der Waals surface area contributed by atoms with Crippen molar-refractivity contribution in [3.63, 3.8) is 0 Å². The van der Waals surface area contributed by atoms with Crippen LogP contribution in [0.15, 0.2) is 53.8 Å². The van der Waals surface area contributed by atoms with Crippen molar-refractivity contribution in [1.29, 1.82) is 0 Å². The van der Waals surface area contributed by atoms with Gasteiger partial charge in [-0.05, 0) is 19.4 Å². The summed E-state index contributed by atoms with van der Waals surface area (Å²) in [6.45, 7) is 5.12. The lowest BCUT2D eigenvalue weighted by atomic mass is 10.1. The van der Waals surface area contributed by atoms with Gasteiger partial charge >= 0.3 is 0 Å². The quantitative estimate of drug-likeness (QED) is 0.743. The molecule has 0 aliphatic rings. The fourth-order valence-electron chi connectivity index (χ4n) is 2.24. The van der Waals surface area contributed by atoms with Crippen LogP contribution in [0.25, 0.3) is 0 Å². The van der Waals surface area contributed by atoms with Crippen LogP contribution in [-0.2, 0) is 23.1 Å². The Labute approximate surface area is 141 Å². The maximum Gasteiger partial charge on any atom is 0.266 e. The van der Waals surface area contributed by atoms with E-state index in [0.717, 1.165) is 5.56 Å². The molecule has 3 aromatic rings. The van der Waals surface area contributed by atoms with Gasteiger partial charge in [0.1, 0.15) is 4.90 Å². The normalized spacial score (nSPS) is 11.6. The van der Waals surface area contributed by atoms with E-state index in [1.165, 1.54) is 18.0 Å². The number of benzene rings is 1.